The molecule has 0 spiro atoms. The molecule has 2 N–H and O–H groups in total. The third-order valence-electron chi connectivity index (χ3n) is 4.78. The normalized spacial score (nSPS) is 15.9. The van der Waals surface area contributed by atoms with Gasteiger partial charge in [-0.3, -0.25) is 5.32 Å². The number of hydrogen-bond donors (Lipinski definition) is 2. The molecule has 1 aliphatic carbocycles. The molecule has 31 heavy (non-hydrogen) atoms. The Morgan fingerprint density at radius 3 is 2.35 bits per heavy atom. The van der Waals surface area contributed by atoms with Gasteiger partial charge in [-0.1, -0.05) is 13.0 Å². The summed E-state index contributed by atoms with van der Waals surface area (Å²) in [6, 6.07) is 6.23. The zero-order chi connectivity index (χ0) is 23.2. The summed E-state index contributed by atoms with van der Waals surface area (Å²) in [6.45, 7) is 15.2. The van der Waals surface area contributed by atoms with E-state index >= 15 is 0 Å². The molecule has 1 aliphatic rings. The Kier molecular flexibility index (Phi) is 8.34. The maximum absolute atomic E-state index is 12.4. The number of nitrogens with zero attached hydrogens (tertiary/aromatic N) is 1. The van der Waals surface area contributed by atoms with E-state index in [1.165, 1.54) is 11.1 Å². The summed E-state index contributed by atoms with van der Waals surface area (Å²) >= 11 is 0. The number of anilines is 1. The second kappa shape index (κ2) is 10.4. The number of ether oxygens (including phenoxy) is 2. The summed E-state index contributed by atoms with van der Waals surface area (Å²) in [5.41, 5.74) is 2.19. The molecular formula is C24H39N3O4. The van der Waals surface area contributed by atoms with Gasteiger partial charge in [0.2, 0.25) is 0 Å². The molecule has 0 heterocycles. The minimum Gasteiger partial charge on any atom is -0.444 e. The molecule has 0 fully saturated rings. The number of aryl methyl sites for hydroxylation is 1. The minimum atomic E-state index is -0.527. The molecule has 0 aliphatic heterocycles. The number of nitrogens with one attached hydrogen (secondary N) is 2. The van der Waals surface area contributed by atoms with Crippen molar-refractivity contribution in [2.75, 3.05) is 25.0 Å². The zero-order valence-electron chi connectivity index (χ0n) is 20.1. The SMILES string of the molecule is CCCN(CCNC1CCc2cc(NC(=O)OC(C)(C)C)ccc21)C(=O)OC(C)(C)C. The molecule has 1 atom stereocenters. The number of benzene rings is 1. The summed E-state index contributed by atoms with van der Waals surface area (Å²) in [7, 11) is 0. The van der Waals surface area contributed by atoms with Crippen LogP contribution < -0.4 is 10.6 Å². The smallest absolute Gasteiger partial charge is 0.412 e. The fourth-order valence-electron chi connectivity index (χ4n) is 3.59. The van der Waals surface area contributed by atoms with E-state index in [0.717, 1.165) is 24.9 Å². The van der Waals surface area contributed by atoms with E-state index in [2.05, 4.69) is 23.6 Å². The summed E-state index contributed by atoms with van der Waals surface area (Å²) in [5.74, 6) is 0. The van der Waals surface area contributed by atoms with E-state index in [1.54, 1.807) is 4.90 Å². The van der Waals surface area contributed by atoms with E-state index in [0.29, 0.717) is 19.6 Å². The Morgan fingerprint density at radius 2 is 1.74 bits per heavy atom. The van der Waals surface area contributed by atoms with E-state index in [-0.39, 0.29) is 12.1 Å². The predicted molar refractivity (Wildman–Crippen MR) is 123 cm³/mol. The van der Waals surface area contributed by atoms with Crippen LogP contribution in [-0.2, 0) is 15.9 Å². The topological polar surface area (TPSA) is 79.9 Å². The number of rotatable bonds is 7. The van der Waals surface area contributed by atoms with Crippen molar-refractivity contribution < 1.29 is 19.1 Å². The fourth-order valence-corrected chi connectivity index (χ4v) is 3.59. The minimum absolute atomic E-state index is 0.243. The molecule has 0 aromatic heterocycles. The second-order valence-corrected chi connectivity index (χ2v) is 10.1. The maximum atomic E-state index is 12.4. The zero-order valence-corrected chi connectivity index (χ0v) is 20.1. The Morgan fingerprint density at radius 1 is 1.06 bits per heavy atom. The molecule has 174 valence electrons. The molecule has 0 bridgehead atoms. The van der Waals surface area contributed by atoms with Gasteiger partial charge in [0.1, 0.15) is 11.2 Å². The van der Waals surface area contributed by atoms with E-state index < -0.39 is 17.3 Å². The number of amides is 2. The maximum Gasteiger partial charge on any atom is 0.412 e. The number of fused-ring (bicyclic) bond motifs is 1. The van der Waals surface area contributed by atoms with Crippen LogP contribution in [0, 0.1) is 0 Å². The van der Waals surface area contributed by atoms with Crippen molar-refractivity contribution in [3.8, 4) is 0 Å². The van der Waals surface area contributed by atoms with Crippen molar-refractivity contribution in [3.63, 3.8) is 0 Å². The highest BCUT2D eigenvalue weighted by atomic mass is 16.6. The summed E-state index contributed by atoms with van der Waals surface area (Å²) in [5, 5.41) is 6.38. The van der Waals surface area contributed by atoms with Gasteiger partial charge in [0.25, 0.3) is 0 Å². The number of carbonyl (C=O) groups excluding carboxylic acids is 2. The molecule has 1 aromatic carbocycles. The van der Waals surface area contributed by atoms with Crippen LogP contribution in [0.3, 0.4) is 0 Å². The largest absolute Gasteiger partial charge is 0.444 e. The van der Waals surface area contributed by atoms with E-state index in [9.17, 15) is 9.59 Å². The molecule has 2 amide bonds. The molecule has 1 unspecified atom stereocenters. The molecular weight excluding hydrogens is 394 g/mol. The van der Waals surface area contributed by atoms with Crippen LogP contribution in [0.15, 0.2) is 18.2 Å². The van der Waals surface area contributed by atoms with Crippen LogP contribution in [0.1, 0.15) is 78.5 Å². The molecule has 0 radical (unpaired) electrons. The first-order valence-corrected chi connectivity index (χ1v) is 11.2. The van der Waals surface area contributed by atoms with Crippen molar-refractivity contribution in [1.29, 1.82) is 0 Å². The summed E-state index contributed by atoms with van der Waals surface area (Å²) < 4.78 is 10.8. The lowest BCUT2D eigenvalue weighted by Gasteiger charge is -2.27. The third-order valence-corrected chi connectivity index (χ3v) is 4.78. The van der Waals surface area contributed by atoms with Gasteiger partial charge in [-0.05, 0) is 84.1 Å². The first-order chi connectivity index (χ1) is 14.4. The molecule has 0 saturated heterocycles. The van der Waals surface area contributed by atoms with Gasteiger partial charge in [-0.2, -0.15) is 0 Å². The fraction of sp³-hybridized carbons (Fsp3) is 0.667. The van der Waals surface area contributed by atoms with Crippen molar-refractivity contribution in [2.45, 2.75) is 85.0 Å². The highest BCUT2D eigenvalue weighted by Crippen LogP contribution is 2.33. The average molecular weight is 434 g/mol. The lowest BCUT2D eigenvalue weighted by Crippen LogP contribution is -2.41. The van der Waals surface area contributed by atoms with Gasteiger partial charge in [0.15, 0.2) is 0 Å². The van der Waals surface area contributed by atoms with Crippen molar-refractivity contribution in [3.05, 3.63) is 29.3 Å². The van der Waals surface area contributed by atoms with Gasteiger partial charge in [-0.15, -0.1) is 0 Å². The first-order valence-electron chi connectivity index (χ1n) is 11.2. The Hall–Kier alpha value is -2.28. The monoisotopic (exact) mass is 433 g/mol. The Balaban J connectivity index is 1.90. The summed E-state index contributed by atoms with van der Waals surface area (Å²) in [6.07, 6.45) is 2.12. The van der Waals surface area contributed by atoms with Crippen LogP contribution in [0.2, 0.25) is 0 Å². The lowest BCUT2D eigenvalue weighted by atomic mass is 10.1. The van der Waals surface area contributed by atoms with Crippen LogP contribution >= 0.6 is 0 Å². The average Bonchev–Trinajstić information content (AvgIpc) is 3.00. The second-order valence-electron chi connectivity index (χ2n) is 10.1. The number of hydrogen-bond acceptors (Lipinski definition) is 5. The van der Waals surface area contributed by atoms with Crippen LogP contribution in [-0.4, -0.2) is 47.9 Å². The van der Waals surface area contributed by atoms with Gasteiger partial charge in [0.05, 0.1) is 0 Å². The molecule has 0 saturated carbocycles. The standard InChI is InChI=1S/C24H39N3O4/c1-8-14-27(22(29)31-24(5,6)7)15-13-25-20-12-9-17-16-18(10-11-19(17)20)26-21(28)30-23(2,3)4/h10-11,16,20,25H,8-9,12-15H2,1-7H3,(H,26,28). The van der Waals surface area contributed by atoms with Crippen LogP contribution in [0.5, 0.6) is 0 Å². The van der Waals surface area contributed by atoms with Gasteiger partial charge < -0.3 is 19.7 Å². The summed E-state index contributed by atoms with van der Waals surface area (Å²) in [4.78, 5) is 26.2. The Labute approximate surface area is 186 Å². The van der Waals surface area contributed by atoms with Crippen molar-refractivity contribution in [2.24, 2.45) is 0 Å². The molecule has 7 heteroatoms. The van der Waals surface area contributed by atoms with E-state index in [4.69, 9.17) is 9.47 Å². The number of carbonyl (C=O) groups is 2. The molecule has 7 nitrogen and oxygen atoms in total. The molecule has 1 aromatic rings. The Bertz CT molecular complexity index is 765. The third kappa shape index (κ3) is 8.40. The quantitative estimate of drug-likeness (QED) is 0.613. The van der Waals surface area contributed by atoms with Gasteiger partial charge in [-0.25, -0.2) is 9.59 Å². The van der Waals surface area contributed by atoms with Crippen LogP contribution in [0.4, 0.5) is 15.3 Å². The van der Waals surface area contributed by atoms with E-state index in [1.807, 2.05) is 53.7 Å². The van der Waals surface area contributed by atoms with Gasteiger partial charge in [0, 0.05) is 31.4 Å². The lowest BCUT2D eigenvalue weighted by molar-refractivity contribution is 0.0250. The first kappa shape index (κ1) is 25.0. The predicted octanol–water partition coefficient (Wildman–Crippen LogP) is 5.26. The highest BCUT2D eigenvalue weighted by Gasteiger charge is 2.25. The highest BCUT2D eigenvalue weighted by molar-refractivity contribution is 5.85. The van der Waals surface area contributed by atoms with Crippen LogP contribution in [0.25, 0.3) is 0 Å². The van der Waals surface area contributed by atoms with Gasteiger partial charge >= 0.3 is 12.2 Å². The van der Waals surface area contributed by atoms with Crippen molar-refractivity contribution >= 4 is 17.9 Å². The molecule has 2 rings (SSSR count). The van der Waals surface area contributed by atoms with Crippen molar-refractivity contribution in [1.82, 2.24) is 10.2 Å².